The SMILES string of the molecule is CCOc1ncccc1C1(NC(=O)Oc2ccccc2)C(=O)N(S(=O)(=O)c2ccccc2)c2cc(F)c(Cl)cc21. The summed E-state index contributed by atoms with van der Waals surface area (Å²) in [6, 6.07) is 20.0. The summed E-state index contributed by atoms with van der Waals surface area (Å²) in [4.78, 5) is 31.8. The van der Waals surface area contributed by atoms with Crippen LogP contribution in [0.25, 0.3) is 0 Å². The number of nitrogens with zero attached hydrogens (tertiary/aromatic N) is 2. The van der Waals surface area contributed by atoms with Gasteiger partial charge in [-0.15, -0.1) is 0 Å². The van der Waals surface area contributed by atoms with Gasteiger partial charge in [0.2, 0.25) is 5.88 Å². The number of anilines is 1. The second-order valence-electron chi connectivity index (χ2n) is 8.54. The van der Waals surface area contributed by atoms with Crippen LogP contribution in [0.5, 0.6) is 11.6 Å². The van der Waals surface area contributed by atoms with Crippen molar-refractivity contribution in [3.63, 3.8) is 0 Å². The normalized spacial score (nSPS) is 16.4. The third kappa shape index (κ3) is 4.52. The molecule has 0 fully saturated rings. The number of halogens is 2. The van der Waals surface area contributed by atoms with Crippen LogP contribution in [-0.2, 0) is 20.4 Å². The number of benzene rings is 3. The molecule has 1 unspecified atom stereocenters. The molecule has 0 saturated heterocycles. The second kappa shape index (κ2) is 10.6. The van der Waals surface area contributed by atoms with Crippen LogP contribution in [0, 0.1) is 5.82 Å². The Balaban J connectivity index is 1.78. The molecule has 0 saturated carbocycles. The highest BCUT2D eigenvalue weighted by Gasteiger charge is 2.59. The Bertz CT molecular complexity index is 1710. The molecule has 1 aliphatic rings. The molecule has 5 rings (SSSR count). The number of carbonyl (C=O) groups excluding carboxylic acids is 2. The topological polar surface area (TPSA) is 115 Å². The summed E-state index contributed by atoms with van der Waals surface area (Å²) in [7, 11) is -4.61. The van der Waals surface area contributed by atoms with Crippen LogP contribution in [0.3, 0.4) is 0 Å². The zero-order chi connectivity index (χ0) is 28.5. The van der Waals surface area contributed by atoms with Crippen LogP contribution in [0.2, 0.25) is 5.02 Å². The van der Waals surface area contributed by atoms with Gasteiger partial charge in [0.05, 0.1) is 27.8 Å². The van der Waals surface area contributed by atoms with Gasteiger partial charge in [0, 0.05) is 17.8 Å². The number of hydrogen-bond acceptors (Lipinski definition) is 7. The number of para-hydroxylation sites is 1. The van der Waals surface area contributed by atoms with Gasteiger partial charge in [0.15, 0.2) is 5.54 Å². The Kier molecular flexibility index (Phi) is 7.17. The van der Waals surface area contributed by atoms with E-state index in [0.29, 0.717) is 4.31 Å². The molecule has 1 aliphatic heterocycles. The largest absolute Gasteiger partial charge is 0.478 e. The highest BCUT2D eigenvalue weighted by Crippen LogP contribution is 2.50. The number of fused-ring (bicyclic) bond motifs is 1. The molecule has 0 spiro atoms. The number of aromatic nitrogens is 1. The van der Waals surface area contributed by atoms with Crippen LogP contribution in [0.15, 0.2) is 96.0 Å². The van der Waals surface area contributed by atoms with E-state index in [1.165, 1.54) is 54.7 Å². The lowest BCUT2D eigenvalue weighted by atomic mass is 9.84. The summed E-state index contributed by atoms with van der Waals surface area (Å²) in [5.74, 6) is -2.03. The van der Waals surface area contributed by atoms with Gasteiger partial charge in [-0.2, -0.15) is 4.31 Å². The highest BCUT2D eigenvalue weighted by atomic mass is 35.5. The minimum Gasteiger partial charge on any atom is -0.478 e. The third-order valence-corrected chi connectivity index (χ3v) is 8.15. The maximum Gasteiger partial charge on any atom is 0.414 e. The molecule has 1 N–H and O–H groups in total. The molecule has 2 amide bonds. The summed E-state index contributed by atoms with van der Waals surface area (Å²) in [6.45, 7) is 1.82. The summed E-state index contributed by atoms with van der Waals surface area (Å²) < 4.78 is 54.1. The number of amides is 2. The van der Waals surface area contributed by atoms with E-state index in [9.17, 15) is 22.4 Å². The maximum absolute atomic E-state index is 14.9. The maximum atomic E-state index is 14.9. The molecule has 3 aromatic carbocycles. The van der Waals surface area contributed by atoms with Crippen molar-refractivity contribution < 1.29 is 31.9 Å². The minimum atomic E-state index is -4.61. The van der Waals surface area contributed by atoms with Crippen LogP contribution in [0.4, 0.5) is 14.9 Å². The first-order chi connectivity index (χ1) is 19.2. The van der Waals surface area contributed by atoms with Crippen molar-refractivity contribution in [2.24, 2.45) is 0 Å². The van der Waals surface area contributed by atoms with E-state index in [2.05, 4.69) is 10.3 Å². The van der Waals surface area contributed by atoms with Gasteiger partial charge in [-0.3, -0.25) is 10.1 Å². The molecule has 2 heterocycles. The van der Waals surface area contributed by atoms with Crippen molar-refractivity contribution in [3.8, 4) is 11.6 Å². The first kappa shape index (κ1) is 27.1. The van der Waals surface area contributed by atoms with Crippen molar-refractivity contribution in [1.82, 2.24) is 10.3 Å². The average Bonchev–Trinajstić information content (AvgIpc) is 3.18. The number of nitrogens with one attached hydrogen (secondary N) is 1. The Morgan fingerprint density at radius 1 is 1.02 bits per heavy atom. The predicted molar refractivity (Wildman–Crippen MR) is 144 cm³/mol. The molecular formula is C28H21ClFN3O6S. The van der Waals surface area contributed by atoms with Crippen molar-refractivity contribution in [1.29, 1.82) is 0 Å². The molecule has 40 heavy (non-hydrogen) atoms. The minimum absolute atomic E-state index is 0.0125. The summed E-state index contributed by atoms with van der Waals surface area (Å²) in [6.07, 6.45) is 0.303. The first-order valence-corrected chi connectivity index (χ1v) is 13.8. The molecule has 4 aromatic rings. The van der Waals surface area contributed by atoms with E-state index in [4.69, 9.17) is 21.1 Å². The van der Waals surface area contributed by atoms with Crippen LogP contribution in [0.1, 0.15) is 18.1 Å². The van der Waals surface area contributed by atoms with Gasteiger partial charge in [0.1, 0.15) is 11.6 Å². The van der Waals surface area contributed by atoms with E-state index in [0.717, 1.165) is 12.1 Å². The summed E-state index contributed by atoms with van der Waals surface area (Å²) in [5.41, 5.74) is -2.77. The molecule has 0 aliphatic carbocycles. The lowest BCUT2D eigenvalue weighted by Gasteiger charge is -2.30. The Labute approximate surface area is 234 Å². The third-order valence-electron chi connectivity index (χ3n) is 6.15. The van der Waals surface area contributed by atoms with E-state index in [1.807, 2.05) is 0 Å². The fraction of sp³-hybridized carbons (Fsp3) is 0.107. The lowest BCUT2D eigenvalue weighted by molar-refractivity contribution is -0.121. The van der Waals surface area contributed by atoms with Gasteiger partial charge >= 0.3 is 6.09 Å². The zero-order valence-electron chi connectivity index (χ0n) is 20.9. The molecule has 9 nitrogen and oxygen atoms in total. The number of sulfonamides is 1. The number of carbonyl (C=O) groups is 2. The van der Waals surface area contributed by atoms with Crippen LogP contribution < -0.4 is 19.1 Å². The van der Waals surface area contributed by atoms with E-state index < -0.39 is 38.4 Å². The standard InChI is InChI=1S/C28H21ClFN3O6S/c1-2-38-25-20(14-9-15-31-25)28(32-27(35)39-18-10-5-3-6-11-18)21-16-22(29)23(30)17-24(21)33(26(28)34)40(36,37)19-12-7-4-8-13-19/h3-17H,2H2,1H3,(H,32,35). The van der Waals surface area contributed by atoms with Crippen LogP contribution in [-0.4, -0.2) is 32.0 Å². The van der Waals surface area contributed by atoms with Gasteiger partial charge < -0.3 is 9.47 Å². The van der Waals surface area contributed by atoms with E-state index >= 15 is 0 Å². The second-order valence-corrected chi connectivity index (χ2v) is 10.7. The number of hydrogen-bond donors (Lipinski definition) is 1. The zero-order valence-corrected chi connectivity index (χ0v) is 22.4. The van der Waals surface area contributed by atoms with Gasteiger partial charge in [-0.1, -0.05) is 48.0 Å². The lowest BCUT2D eigenvalue weighted by Crippen LogP contribution is -2.55. The molecule has 204 valence electrons. The first-order valence-electron chi connectivity index (χ1n) is 12.0. The number of pyridine rings is 1. The van der Waals surface area contributed by atoms with Gasteiger partial charge in [0.25, 0.3) is 15.9 Å². The highest BCUT2D eigenvalue weighted by molar-refractivity contribution is 7.93. The monoisotopic (exact) mass is 581 g/mol. The quantitative estimate of drug-likeness (QED) is 0.325. The fourth-order valence-electron chi connectivity index (χ4n) is 4.47. The molecule has 0 bridgehead atoms. The summed E-state index contributed by atoms with van der Waals surface area (Å²) in [5, 5.41) is 2.14. The number of ether oxygens (including phenoxy) is 2. The molecule has 1 atom stereocenters. The van der Waals surface area contributed by atoms with Gasteiger partial charge in [-0.25, -0.2) is 22.6 Å². The fourth-order valence-corrected chi connectivity index (χ4v) is 6.11. The Morgan fingerprint density at radius 2 is 1.70 bits per heavy atom. The van der Waals surface area contributed by atoms with Crippen molar-refractivity contribution in [2.45, 2.75) is 17.4 Å². The van der Waals surface area contributed by atoms with E-state index in [-0.39, 0.29) is 39.9 Å². The van der Waals surface area contributed by atoms with Crippen molar-refractivity contribution in [3.05, 3.63) is 113 Å². The molecule has 12 heteroatoms. The number of rotatable bonds is 7. The van der Waals surface area contributed by atoms with Crippen LogP contribution >= 0.6 is 11.6 Å². The van der Waals surface area contributed by atoms with E-state index in [1.54, 1.807) is 31.2 Å². The molecule has 0 radical (unpaired) electrons. The molecular weight excluding hydrogens is 561 g/mol. The summed E-state index contributed by atoms with van der Waals surface area (Å²) >= 11 is 6.16. The van der Waals surface area contributed by atoms with Crippen molar-refractivity contribution >= 4 is 39.3 Å². The predicted octanol–water partition coefficient (Wildman–Crippen LogP) is 5.04. The Hall–Kier alpha value is -4.48. The van der Waals surface area contributed by atoms with Crippen molar-refractivity contribution in [2.75, 3.05) is 10.9 Å². The average molecular weight is 582 g/mol. The molecule has 1 aromatic heterocycles. The smallest absolute Gasteiger partial charge is 0.414 e. The Morgan fingerprint density at radius 3 is 2.38 bits per heavy atom. The van der Waals surface area contributed by atoms with Gasteiger partial charge in [-0.05, 0) is 49.4 Å².